The quantitative estimate of drug-likeness (QED) is 0.704. The Morgan fingerprint density at radius 1 is 1.09 bits per heavy atom. The second kappa shape index (κ2) is 7.58. The lowest BCUT2D eigenvalue weighted by Crippen LogP contribution is -2.74. The van der Waals surface area contributed by atoms with E-state index in [-0.39, 0.29) is 23.8 Å². The van der Waals surface area contributed by atoms with E-state index >= 15 is 0 Å². The number of likely N-dealkylation sites (tertiary alicyclic amines) is 3. The number of rotatable bonds is 4. The number of aliphatic hydroxyl groups is 1. The van der Waals surface area contributed by atoms with E-state index in [0.29, 0.717) is 31.8 Å². The second-order valence-electron chi connectivity index (χ2n) is 11.8. The van der Waals surface area contributed by atoms with Crippen molar-refractivity contribution in [3.8, 4) is 11.5 Å². The van der Waals surface area contributed by atoms with Crippen LogP contribution in [0.3, 0.4) is 0 Å². The number of piperidine rings is 2. The van der Waals surface area contributed by atoms with Gasteiger partial charge < -0.3 is 19.8 Å². The summed E-state index contributed by atoms with van der Waals surface area (Å²) >= 11 is 0. The molecule has 1 saturated carbocycles. The van der Waals surface area contributed by atoms with Gasteiger partial charge in [-0.2, -0.15) is 0 Å². The van der Waals surface area contributed by atoms with E-state index in [1.165, 1.54) is 24.8 Å². The van der Waals surface area contributed by atoms with E-state index in [1.807, 2.05) is 4.90 Å². The molecule has 0 radical (unpaired) electrons. The number of hydrogen-bond donors (Lipinski definition) is 2. The van der Waals surface area contributed by atoms with Gasteiger partial charge in [-0.3, -0.25) is 14.6 Å². The van der Waals surface area contributed by atoms with Crippen molar-refractivity contribution in [1.29, 1.82) is 0 Å². The molecular weight excluding hydrogens is 430 g/mol. The molecule has 7 rings (SSSR count). The minimum Gasteiger partial charge on any atom is -0.504 e. The Balaban J connectivity index is 1.25. The molecule has 1 spiro atoms. The smallest absolute Gasteiger partial charge is 0.236 e. The summed E-state index contributed by atoms with van der Waals surface area (Å²) in [6.45, 7) is 5.47. The lowest BCUT2D eigenvalue weighted by atomic mass is 9.52. The summed E-state index contributed by atoms with van der Waals surface area (Å²) in [7, 11) is 0. The maximum Gasteiger partial charge on any atom is 0.236 e. The van der Waals surface area contributed by atoms with Gasteiger partial charge in [0, 0.05) is 44.3 Å². The highest BCUT2D eigenvalue weighted by Gasteiger charge is 2.70. The Morgan fingerprint density at radius 2 is 1.91 bits per heavy atom. The van der Waals surface area contributed by atoms with E-state index < -0.39 is 11.0 Å². The minimum absolute atomic E-state index is 0.0636. The maximum absolute atomic E-state index is 13.1. The molecule has 4 fully saturated rings. The first-order chi connectivity index (χ1) is 16.5. The van der Waals surface area contributed by atoms with E-state index in [0.717, 1.165) is 63.3 Å². The topological polar surface area (TPSA) is 76.5 Å². The summed E-state index contributed by atoms with van der Waals surface area (Å²) in [5.41, 5.74) is 0.858. The maximum atomic E-state index is 13.1. The summed E-state index contributed by atoms with van der Waals surface area (Å²) in [6.07, 6.45) is 8.04. The highest BCUT2D eigenvalue weighted by Crippen LogP contribution is 2.63. The van der Waals surface area contributed by atoms with Gasteiger partial charge in [-0.05, 0) is 75.5 Å². The van der Waals surface area contributed by atoms with Crippen LogP contribution in [0.1, 0.15) is 56.1 Å². The van der Waals surface area contributed by atoms with Crippen molar-refractivity contribution in [2.75, 3.05) is 45.8 Å². The molecule has 4 aliphatic heterocycles. The van der Waals surface area contributed by atoms with Gasteiger partial charge in [0.1, 0.15) is 6.10 Å². The van der Waals surface area contributed by atoms with Crippen molar-refractivity contribution in [2.24, 2.45) is 5.92 Å². The lowest BCUT2D eigenvalue weighted by molar-refractivity contribution is -0.162. The number of phenols is 1. The van der Waals surface area contributed by atoms with Gasteiger partial charge in [0.25, 0.3) is 0 Å². The Labute approximate surface area is 201 Å². The first-order valence-corrected chi connectivity index (χ1v) is 13.5. The van der Waals surface area contributed by atoms with Gasteiger partial charge in [-0.1, -0.05) is 6.07 Å². The Bertz CT molecular complexity index is 1010. The summed E-state index contributed by atoms with van der Waals surface area (Å²) in [5, 5.41) is 23.4. The minimum atomic E-state index is -0.917. The van der Waals surface area contributed by atoms with Gasteiger partial charge in [0.05, 0.1) is 17.6 Å². The Hall–Kier alpha value is -1.83. The van der Waals surface area contributed by atoms with Gasteiger partial charge in [-0.25, -0.2) is 0 Å². The van der Waals surface area contributed by atoms with Crippen LogP contribution in [0.5, 0.6) is 11.5 Å². The third-order valence-corrected chi connectivity index (χ3v) is 9.94. The SMILES string of the molecule is O=C(CN1CC[C@@]2(O)[C@H]3Cc4ccc(O)c5c4[C@@]2(CCN3CC2CC2)[C@H](C1)O5)N1CCCCC1. The average molecular weight is 468 g/mol. The van der Waals surface area contributed by atoms with Gasteiger partial charge in [-0.15, -0.1) is 0 Å². The zero-order valence-corrected chi connectivity index (χ0v) is 20.0. The van der Waals surface area contributed by atoms with Crippen molar-refractivity contribution in [2.45, 2.75) is 74.5 Å². The molecule has 0 aromatic heterocycles. The number of ether oxygens (including phenoxy) is 1. The molecule has 1 aromatic carbocycles. The number of nitrogens with zero attached hydrogens (tertiary/aromatic N) is 3. The predicted octanol–water partition coefficient (Wildman–Crippen LogP) is 1.88. The van der Waals surface area contributed by atoms with Crippen LogP contribution in [0, 0.1) is 5.92 Å². The second-order valence-corrected chi connectivity index (χ2v) is 11.8. The fourth-order valence-electron chi connectivity index (χ4n) is 8.04. The van der Waals surface area contributed by atoms with Crippen molar-refractivity contribution in [3.05, 3.63) is 23.3 Å². The number of aromatic hydroxyl groups is 1. The fraction of sp³-hybridized carbons (Fsp3) is 0.741. The molecule has 1 aromatic rings. The van der Waals surface area contributed by atoms with E-state index in [4.69, 9.17) is 4.74 Å². The van der Waals surface area contributed by atoms with E-state index in [1.54, 1.807) is 6.07 Å². The zero-order valence-electron chi connectivity index (χ0n) is 20.0. The number of hydrogen-bond acceptors (Lipinski definition) is 6. The third kappa shape index (κ3) is 2.96. The highest BCUT2D eigenvalue weighted by molar-refractivity contribution is 5.78. The predicted molar refractivity (Wildman–Crippen MR) is 127 cm³/mol. The molecule has 6 aliphatic rings. The first-order valence-electron chi connectivity index (χ1n) is 13.5. The molecule has 2 aliphatic carbocycles. The zero-order chi connectivity index (χ0) is 23.1. The summed E-state index contributed by atoms with van der Waals surface area (Å²) in [4.78, 5) is 19.9. The van der Waals surface area contributed by atoms with Crippen molar-refractivity contribution in [3.63, 3.8) is 0 Å². The summed E-state index contributed by atoms with van der Waals surface area (Å²) < 4.78 is 6.55. The molecule has 7 heteroatoms. The lowest BCUT2D eigenvalue weighted by Gasteiger charge is -2.60. The molecule has 2 bridgehead atoms. The van der Waals surface area contributed by atoms with Gasteiger partial charge in [0.15, 0.2) is 11.5 Å². The van der Waals surface area contributed by atoms with Gasteiger partial charge in [0.2, 0.25) is 5.91 Å². The first kappa shape index (κ1) is 21.5. The Morgan fingerprint density at radius 3 is 2.71 bits per heavy atom. The van der Waals surface area contributed by atoms with E-state index in [9.17, 15) is 15.0 Å². The molecule has 1 amide bonds. The average Bonchev–Trinajstić information content (AvgIpc) is 3.61. The summed E-state index contributed by atoms with van der Waals surface area (Å²) in [6, 6.07) is 3.88. The molecular formula is C27H37N3O4. The van der Waals surface area contributed by atoms with Crippen LogP contribution in [-0.2, 0) is 16.6 Å². The summed E-state index contributed by atoms with van der Waals surface area (Å²) in [5.74, 6) is 1.73. The van der Waals surface area contributed by atoms with Crippen LogP contribution < -0.4 is 4.74 Å². The van der Waals surface area contributed by atoms with Crippen LogP contribution in [-0.4, -0.2) is 94.4 Å². The van der Waals surface area contributed by atoms with Crippen molar-refractivity contribution >= 4 is 5.91 Å². The number of phenolic OH excluding ortho intramolecular Hbond substituents is 1. The fourth-order valence-corrected chi connectivity index (χ4v) is 8.04. The third-order valence-electron chi connectivity index (χ3n) is 9.94. The van der Waals surface area contributed by atoms with Crippen LogP contribution in [0.2, 0.25) is 0 Å². The van der Waals surface area contributed by atoms with Crippen LogP contribution >= 0.6 is 0 Å². The number of benzene rings is 1. The number of amides is 1. The molecule has 4 heterocycles. The molecule has 2 N–H and O–H groups in total. The molecule has 0 unspecified atom stereocenters. The molecule has 184 valence electrons. The van der Waals surface area contributed by atoms with Crippen molar-refractivity contribution < 1.29 is 19.7 Å². The monoisotopic (exact) mass is 467 g/mol. The Kier molecular flexibility index (Phi) is 4.78. The van der Waals surface area contributed by atoms with Crippen LogP contribution in [0.25, 0.3) is 0 Å². The number of carbonyl (C=O) groups is 1. The van der Waals surface area contributed by atoms with Crippen LogP contribution in [0.15, 0.2) is 12.1 Å². The number of carbonyl (C=O) groups excluding carboxylic acids is 1. The molecule has 4 atom stereocenters. The standard InChI is InChI=1S/C27H37N3O4/c31-20-7-6-19-14-21-27(33)9-12-28(17-23(32)29-10-2-1-3-11-29)16-22-26(27,24(19)25(20)34-22)8-13-30(21)15-18-4-5-18/h6-7,18,21-22,31,33H,1-5,8-17H2/t21-,22+,26-,27-/m1/s1. The highest BCUT2D eigenvalue weighted by atomic mass is 16.5. The van der Waals surface area contributed by atoms with Crippen LogP contribution in [0.4, 0.5) is 0 Å². The molecule has 34 heavy (non-hydrogen) atoms. The molecule has 3 saturated heterocycles. The largest absolute Gasteiger partial charge is 0.504 e. The van der Waals surface area contributed by atoms with E-state index in [2.05, 4.69) is 15.9 Å². The van der Waals surface area contributed by atoms with Crippen molar-refractivity contribution in [1.82, 2.24) is 14.7 Å². The molecule has 7 nitrogen and oxygen atoms in total. The van der Waals surface area contributed by atoms with Gasteiger partial charge >= 0.3 is 0 Å². The normalized spacial score (nSPS) is 37.1.